The summed E-state index contributed by atoms with van der Waals surface area (Å²) in [5.41, 5.74) is 0.596. The van der Waals surface area contributed by atoms with Crippen LogP contribution in [0.4, 0.5) is 5.82 Å². The molecule has 1 saturated heterocycles. The molecule has 1 aliphatic heterocycles. The van der Waals surface area contributed by atoms with Gasteiger partial charge in [-0.3, -0.25) is 4.79 Å². The number of carboxylic acids is 1. The van der Waals surface area contributed by atoms with Gasteiger partial charge in [-0.15, -0.1) is 0 Å². The average molecular weight is 421 g/mol. The van der Waals surface area contributed by atoms with Gasteiger partial charge in [-0.1, -0.05) is 6.92 Å². The van der Waals surface area contributed by atoms with E-state index >= 15 is 0 Å². The number of anilines is 1. The highest BCUT2D eigenvalue weighted by Crippen LogP contribution is 2.24. The van der Waals surface area contributed by atoms with E-state index in [4.69, 9.17) is 9.84 Å². The predicted octanol–water partition coefficient (Wildman–Crippen LogP) is 1.85. The van der Waals surface area contributed by atoms with Crippen molar-refractivity contribution < 1.29 is 23.1 Å². The van der Waals surface area contributed by atoms with Crippen molar-refractivity contribution in [1.29, 1.82) is 0 Å². The van der Waals surface area contributed by atoms with Crippen LogP contribution in [0.2, 0.25) is 0 Å². The van der Waals surface area contributed by atoms with Gasteiger partial charge in [-0.25, -0.2) is 13.4 Å². The molecule has 24 heavy (non-hydrogen) atoms. The summed E-state index contributed by atoms with van der Waals surface area (Å²) in [7, 11) is -3.49. The number of aliphatic carboxylic acids is 1. The molecular weight excluding hydrogens is 400 g/mol. The quantitative estimate of drug-likeness (QED) is 0.672. The molecule has 2 heterocycles. The number of hydrogen-bond donors (Lipinski definition) is 1. The predicted molar refractivity (Wildman–Crippen MR) is 93.9 cm³/mol. The first-order valence-electron chi connectivity index (χ1n) is 7.74. The number of pyridine rings is 1. The number of sulfone groups is 1. The summed E-state index contributed by atoms with van der Waals surface area (Å²) in [5, 5.41) is 8.66. The summed E-state index contributed by atoms with van der Waals surface area (Å²) in [6.45, 7) is 4.00. The van der Waals surface area contributed by atoms with Crippen molar-refractivity contribution in [2.45, 2.75) is 31.6 Å². The van der Waals surface area contributed by atoms with Crippen LogP contribution in [-0.4, -0.2) is 56.0 Å². The SMILES string of the molecule is CC[C@H]1COCCN1c1cc(CS(=O)(=O)CCC(=O)O)cc(Br)n1. The standard InChI is InChI=1S/C15H21BrN2O5S/c1-2-12-9-23-5-4-18(12)14-8-11(7-13(16)17-14)10-24(21,22)6-3-15(19)20/h7-8,12H,2-6,9-10H2,1H3,(H,19,20)/t12-/m0/s1. The fourth-order valence-electron chi connectivity index (χ4n) is 2.63. The molecule has 1 N–H and O–H groups in total. The molecule has 1 atom stereocenters. The molecule has 1 aromatic heterocycles. The van der Waals surface area contributed by atoms with E-state index in [2.05, 4.69) is 32.7 Å². The van der Waals surface area contributed by atoms with Gasteiger partial charge in [0, 0.05) is 6.54 Å². The van der Waals surface area contributed by atoms with Gasteiger partial charge in [0.1, 0.15) is 10.4 Å². The molecule has 0 saturated carbocycles. The van der Waals surface area contributed by atoms with Crippen molar-refractivity contribution in [3.63, 3.8) is 0 Å². The number of morpholine rings is 1. The average Bonchev–Trinajstić information content (AvgIpc) is 2.52. The van der Waals surface area contributed by atoms with Crippen LogP contribution < -0.4 is 4.90 Å². The van der Waals surface area contributed by atoms with E-state index < -0.39 is 15.8 Å². The van der Waals surface area contributed by atoms with Crippen LogP contribution in [0.1, 0.15) is 25.3 Å². The number of hydrogen-bond acceptors (Lipinski definition) is 6. The van der Waals surface area contributed by atoms with E-state index in [1.807, 2.05) is 0 Å². The Bertz CT molecular complexity index is 695. The fourth-order valence-corrected chi connectivity index (χ4v) is 4.41. The maximum absolute atomic E-state index is 12.1. The third kappa shape index (κ3) is 5.42. The second-order valence-corrected chi connectivity index (χ2v) is 8.72. The van der Waals surface area contributed by atoms with E-state index in [-0.39, 0.29) is 24.0 Å². The highest BCUT2D eigenvalue weighted by molar-refractivity contribution is 9.10. The second-order valence-electron chi connectivity index (χ2n) is 5.72. The molecule has 1 fully saturated rings. The van der Waals surface area contributed by atoms with Gasteiger partial charge in [0.2, 0.25) is 0 Å². The summed E-state index contributed by atoms with van der Waals surface area (Å²) in [4.78, 5) is 17.2. The summed E-state index contributed by atoms with van der Waals surface area (Å²) < 4.78 is 30.2. The van der Waals surface area contributed by atoms with Gasteiger partial charge < -0.3 is 14.7 Å². The minimum atomic E-state index is -3.49. The molecule has 7 nitrogen and oxygen atoms in total. The lowest BCUT2D eigenvalue weighted by Crippen LogP contribution is -2.45. The molecule has 0 aliphatic carbocycles. The van der Waals surface area contributed by atoms with E-state index in [0.29, 0.717) is 35.7 Å². The van der Waals surface area contributed by atoms with Crippen molar-refractivity contribution in [1.82, 2.24) is 4.98 Å². The zero-order valence-corrected chi connectivity index (χ0v) is 15.8. The highest BCUT2D eigenvalue weighted by atomic mass is 79.9. The van der Waals surface area contributed by atoms with Gasteiger partial charge in [-0.05, 0) is 40.0 Å². The molecule has 1 aliphatic rings. The van der Waals surface area contributed by atoms with Crippen LogP contribution >= 0.6 is 15.9 Å². The Kier molecular flexibility index (Phi) is 6.59. The lowest BCUT2D eigenvalue weighted by molar-refractivity contribution is -0.136. The Balaban J connectivity index is 2.20. The smallest absolute Gasteiger partial charge is 0.304 e. The first kappa shape index (κ1) is 19.1. The highest BCUT2D eigenvalue weighted by Gasteiger charge is 2.24. The van der Waals surface area contributed by atoms with Crippen LogP contribution in [0.25, 0.3) is 0 Å². The van der Waals surface area contributed by atoms with Crippen LogP contribution in [0.5, 0.6) is 0 Å². The molecule has 0 unspecified atom stereocenters. The number of nitrogens with zero attached hydrogens (tertiary/aromatic N) is 2. The molecule has 0 spiro atoms. The van der Waals surface area contributed by atoms with E-state index in [1.165, 1.54) is 0 Å². The van der Waals surface area contributed by atoms with Crippen LogP contribution in [-0.2, 0) is 25.1 Å². The fraction of sp³-hybridized carbons (Fsp3) is 0.600. The number of aromatic nitrogens is 1. The van der Waals surface area contributed by atoms with Gasteiger partial charge in [0.15, 0.2) is 9.84 Å². The zero-order valence-electron chi connectivity index (χ0n) is 13.4. The molecule has 0 amide bonds. The molecule has 0 radical (unpaired) electrons. The van der Waals surface area contributed by atoms with E-state index in [0.717, 1.165) is 6.42 Å². The number of rotatable bonds is 7. The Hall–Kier alpha value is -1.19. The maximum Gasteiger partial charge on any atom is 0.304 e. The van der Waals surface area contributed by atoms with Crippen LogP contribution in [0, 0.1) is 0 Å². The van der Waals surface area contributed by atoms with Gasteiger partial charge in [0.25, 0.3) is 0 Å². The van der Waals surface area contributed by atoms with Gasteiger partial charge >= 0.3 is 5.97 Å². The van der Waals surface area contributed by atoms with Crippen molar-refractivity contribution in [2.75, 3.05) is 30.4 Å². The Morgan fingerprint density at radius 3 is 2.92 bits per heavy atom. The van der Waals surface area contributed by atoms with Gasteiger partial charge in [0.05, 0.1) is 37.2 Å². The molecule has 134 valence electrons. The second kappa shape index (κ2) is 8.26. The molecule has 0 bridgehead atoms. The van der Waals surface area contributed by atoms with Crippen LogP contribution in [0.3, 0.4) is 0 Å². The van der Waals surface area contributed by atoms with Gasteiger partial charge in [-0.2, -0.15) is 0 Å². The first-order valence-corrected chi connectivity index (χ1v) is 10.3. The monoisotopic (exact) mass is 420 g/mol. The Morgan fingerprint density at radius 2 is 2.25 bits per heavy atom. The number of carboxylic acid groups (broad SMARTS) is 1. The van der Waals surface area contributed by atoms with Crippen molar-refractivity contribution in [3.05, 3.63) is 22.3 Å². The van der Waals surface area contributed by atoms with Crippen molar-refractivity contribution in [3.8, 4) is 0 Å². The lowest BCUT2D eigenvalue weighted by atomic mass is 10.1. The zero-order chi connectivity index (χ0) is 17.7. The first-order chi connectivity index (χ1) is 11.3. The summed E-state index contributed by atoms with van der Waals surface area (Å²) >= 11 is 3.33. The van der Waals surface area contributed by atoms with Crippen molar-refractivity contribution >= 4 is 37.6 Å². The third-order valence-corrected chi connectivity index (χ3v) is 5.85. The molecular formula is C15H21BrN2O5S. The summed E-state index contributed by atoms with van der Waals surface area (Å²) in [6.07, 6.45) is 0.517. The summed E-state index contributed by atoms with van der Waals surface area (Å²) in [6, 6.07) is 3.62. The van der Waals surface area contributed by atoms with Crippen LogP contribution in [0.15, 0.2) is 16.7 Å². The topological polar surface area (TPSA) is 96.8 Å². The number of halogens is 1. The summed E-state index contributed by atoms with van der Waals surface area (Å²) in [5.74, 6) is -0.973. The number of carbonyl (C=O) groups is 1. The maximum atomic E-state index is 12.1. The molecule has 1 aromatic rings. The largest absolute Gasteiger partial charge is 0.481 e. The van der Waals surface area contributed by atoms with E-state index in [9.17, 15) is 13.2 Å². The lowest BCUT2D eigenvalue weighted by Gasteiger charge is -2.36. The minimum Gasteiger partial charge on any atom is -0.481 e. The number of ether oxygens (including phenoxy) is 1. The minimum absolute atomic E-state index is 0.199. The normalized spacial score (nSPS) is 18.6. The van der Waals surface area contributed by atoms with Crippen molar-refractivity contribution in [2.24, 2.45) is 0 Å². The molecule has 2 rings (SSSR count). The molecule has 9 heteroatoms. The third-order valence-electron chi connectivity index (χ3n) is 3.85. The Labute approximate surface area is 150 Å². The Morgan fingerprint density at radius 1 is 1.50 bits per heavy atom. The molecule has 0 aromatic carbocycles. The van der Waals surface area contributed by atoms with E-state index in [1.54, 1.807) is 12.1 Å².